The Labute approximate surface area is 128 Å². The molecule has 21 heavy (non-hydrogen) atoms. The van der Waals surface area contributed by atoms with Gasteiger partial charge in [0.25, 0.3) is 0 Å². The molecule has 0 amide bonds. The fraction of sp³-hybridized carbons (Fsp3) is 0.0769. The zero-order valence-corrected chi connectivity index (χ0v) is 12.8. The Hall–Kier alpha value is -1.38. The van der Waals surface area contributed by atoms with E-state index in [1.54, 1.807) is 12.1 Å². The van der Waals surface area contributed by atoms with E-state index in [1.165, 1.54) is 12.1 Å². The predicted molar refractivity (Wildman–Crippen MR) is 74.5 cm³/mol. The summed E-state index contributed by atoms with van der Waals surface area (Å²) in [6.45, 7) is -0.363. The Kier molecular flexibility index (Phi) is 4.70. The van der Waals surface area contributed by atoms with Crippen molar-refractivity contribution in [3.05, 3.63) is 63.9 Å². The Bertz CT molecular complexity index is 758. The molecule has 0 aliphatic carbocycles. The first kappa shape index (κ1) is 16.0. The highest BCUT2D eigenvalue weighted by atomic mass is 79.9. The summed E-state index contributed by atoms with van der Waals surface area (Å²) >= 11 is 3.10. The lowest BCUT2D eigenvalue weighted by atomic mass is 10.2. The van der Waals surface area contributed by atoms with Crippen LogP contribution >= 0.6 is 15.9 Å². The highest BCUT2D eigenvalue weighted by Crippen LogP contribution is 2.21. The number of sulfonamides is 1. The second-order valence-corrected chi connectivity index (χ2v) is 6.72. The molecule has 3 nitrogen and oxygen atoms in total. The van der Waals surface area contributed by atoms with E-state index < -0.39 is 27.5 Å². The van der Waals surface area contributed by atoms with Crippen molar-refractivity contribution in [2.24, 2.45) is 0 Å². The second-order valence-electron chi connectivity index (χ2n) is 4.13. The smallest absolute Gasteiger partial charge is 0.207 e. The molecule has 0 radical (unpaired) electrons. The first-order chi connectivity index (χ1) is 9.81. The minimum absolute atomic E-state index is 0.00643. The third kappa shape index (κ3) is 3.63. The van der Waals surface area contributed by atoms with Crippen LogP contribution in [-0.4, -0.2) is 8.42 Å². The maximum Gasteiger partial charge on any atom is 0.241 e. The van der Waals surface area contributed by atoms with Crippen molar-refractivity contribution in [3.63, 3.8) is 0 Å². The summed E-state index contributed by atoms with van der Waals surface area (Å²) in [5, 5.41) is 0. The highest BCUT2D eigenvalue weighted by Gasteiger charge is 2.17. The molecule has 0 unspecified atom stereocenters. The van der Waals surface area contributed by atoms with Crippen LogP contribution in [0.4, 0.5) is 13.2 Å². The average molecular weight is 380 g/mol. The van der Waals surface area contributed by atoms with Crippen LogP contribution in [0.3, 0.4) is 0 Å². The normalized spacial score (nSPS) is 11.6. The van der Waals surface area contributed by atoms with Gasteiger partial charge in [-0.3, -0.25) is 0 Å². The van der Waals surface area contributed by atoms with Gasteiger partial charge in [-0.25, -0.2) is 26.3 Å². The van der Waals surface area contributed by atoms with Gasteiger partial charge in [0.05, 0.1) is 4.90 Å². The summed E-state index contributed by atoms with van der Waals surface area (Å²) in [6.07, 6.45) is 0. The summed E-state index contributed by atoms with van der Waals surface area (Å²) in [5.74, 6) is -4.33. The number of hydrogen-bond acceptors (Lipinski definition) is 2. The lowest BCUT2D eigenvalue weighted by molar-refractivity contribution is 0.445. The maximum absolute atomic E-state index is 13.0. The quantitative estimate of drug-likeness (QED) is 0.828. The molecule has 0 saturated heterocycles. The Morgan fingerprint density at radius 3 is 2.19 bits per heavy atom. The van der Waals surface area contributed by atoms with E-state index in [1.807, 2.05) is 0 Å². The van der Waals surface area contributed by atoms with Crippen LogP contribution in [0.25, 0.3) is 0 Å². The van der Waals surface area contributed by atoms with Crippen LogP contribution in [0.1, 0.15) is 5.56 Å². The molecular weight excluding hydrogens is 371 g/mol. The van der Waals surface area contributed by atoms with Gasteiger partial charge in [0, 0.05) is 11.0 Å². The molecular formula is C13H9BrF3NO2S. The molecule has 0 aliphatic rings. The standard InChI is InChI=1S/C13H9BrF3NO2S/c14-9-3-1-2-4-12(9)21(19,20)18-7-8-5-10(15)13(17)11(16)6-8/h1-6,18H,7H2. The molecule has 0 saturated carbocycles. The number of nitrogens with one attached hydrogen (secondary N) is 1. The Balaban J connectivity index is 2.22. The number of hydrogen-bond donors (Lipinski definition) is 1. The summed E-state index contributed by atoms with van der Waals surface area (Å²) in [4.78, 5) is -0.00643. The fourth-order valence-corrected chi connectivity index (χ4v) is 3.65. The van der Waals surface area contributed by atoms with Crippen molar-refractivity contribution in [3.8, 4) is 0 Å². The molecule has 0 heterocycles. The van der Waals surface area contributed by atoms with Gasteiger partial charge in [-0.05, 0) is 45.8 Å². The number of benzene rings is 2. The zero-order valence-electron chi connectivity index (χ0n) is 10.4. The topological polar surface area (TPSA) is 46.2 Å². The molecule has 0 spiro atoms. The molecule has 0 aromatic heterocycles. The molecule has 1 N–H and O–H groups in total. The lowest BCUT2D eigenvalue weighted by Crippen LogP contribution is -2.23. The van der Waals surface area contributed by atoms with Crippen molar-refractivity contribution in [2.75, 3.05) is 0 Å². The van der Waals surface area contributed by atoms with Gasteiger partial charge < -0.3 is 0 Å². The van der Waals surface area contributed by atoms with E-state index in [0.29, 0.717) is 4.47 Å². The van der Waals surface area contributed by atoms with Gasteiger partial charge in [0.2, 0.25) is 10.0 Å². The van der Waals surface area contributed by atoms with Crippen LogP contribution in [0.2, 0.25) is 0 Å². The van der Waals surface area contributed by atoms with Crippen LogP contribution < -0.4 is 4.72 Å². The SMILES string of the molecule is O=S(=O)(NCc1cc(F)c(F)c(F)c1)c1ccccc1Br. The van der Waals surface area contributed by atoms with Gasteiger partial charge in [0.15, 0.2) is 17.5 Å². The zero-order chi connectivity index (χ0) is 15.6. The molecule has 0 aliphatic heterocycles. The molecule has 0 bridgehead atoms. The third-order valence-corrected chi connectivity index (χ3v) is 5.05. The van der Waals surface area contributed by atoms with E-state index >= 15 is 0 Å². The molecule has 2 rings (SSSR count). The van der Waals surface area contributed by atoms with Crippen LogP contribution in [0.15, 0.2) is 45.8 Å². The van der Waals surface area contributed by atoms with Crippen molar-refractivity contribution in [2.45, 2.75) is 11.4 Å². The summed E-state index contributed by atoms with van der Waals surface area (Å²) < 4.78 is 65.6. The van der Waals surface area contributed by atoms with Crippen molar-refractivity contribution in [1.29, 1.82) is 0 Å². The summed E-state index contributed by atoms with van der Waals surface area (Å²) in [5.41, 5.74) is -0.0259. The Morgan fingerprint density at radius 1 is 1.05 bits per heavy atom. The number of halogens is 4. The first-order valence-corrected chi connectivity index (χ1v) is 7.96. The van der Waals surface area contributed by atoms with E-state index in [4.69, 9.17) is 0 Å². The van der Waals surface area contributed by atoms with Crippen molar-refractivity contribution >= 4 is 26.0 Å². The molecule has 0 atom stereocenters. The highest BCUT2D eigenvalue weighted by molar-refractivity contribution is 9.10. The van der Waals surface area contributed by atoms with Crippen LogP contribution in [0, 0.1) is 17.5 Å². The number of rotatable bonds is 4. The van der Waals surface area contributed by atoms with Gasteiger partial charge in [0.1, 0.15) is 0 Å². The van der Waals surface area contributed by atoms with E-state index in [0.717, 1.165) is 12.1 Å². The molecule has 8 heteroatoms. The van der Waals surface area contributed by atoms with Gasteiger partial charge >= 0.3 is 0 Å². The monoisotopic (exact) mass is 379 g/mol. The summed E-state index contributed by atoms with van der Waals surface area (Å²) in [6, 6.07) is 7.58. The van der Waals surface area contributed by atoms with E-state index in [9.17, 15) is 21.6 Å². The van der Waals surface area contributed by atoms with Gasteiger partial charge in [-0.2, -0.15) is 0 Å². The average Bonchev–Trinajstić information content (AvgIpc) is 2.43. The van der Waals surface area contributed by atoms with Crippen LogP contribution in [-0.2, 0) is 16.6 Å². The third-order valence-electron chi connectivity index (χ3n) is 2.64. The second kappa shape index (κ2) is 6.17. The van der Waals surface area contributed by atoms with Crippen molar-refractivity contribution < 1.29 is 21.6 Å². The molecule has 2 aromatic carbocycles. The molecule has 112 valence electrons. The minimum atomic E-state index is -3.86. The molecule has 2 aromatic rings. The van der Waals surface area contributed by atoms with E-state index in [2.05, 4.69) is 20.7 Å². The van der Waals surface area contributed by atoms with Crippen LogP contribution in [0.5, 0.6) is 0 Å². The molecule has 0 fully saturated rings. The van der Waals surface area contributed by atoms with Gasteiger partial charge in [-0.15, -0.1) is 0 Å². The predicted octanol–water partition coefficient (Wildman–Crippen LogP) is 3.34. The fourth-order valence-electron chi connectivity index (χ4n) is 1.63. The maximum atomic E-state index is 13.0. The van der Waals surface area contributed by atoms with E-state index in [-0.39, 0.29) is 17.0 Å². The van der Waals surface area contributed by atoms with Gasteiger partial charge in [-0.1, -0.05) is 12.1 Å². The largest absolute Gasteiger partial charge is 0.241 e. The minimum Gasteiger partial charge on any atom is -0.207 e. The lowest BCUT2D eigenvalue weighted by Gasteiger charge is -2.09. The van der Waals surface area contributed by atoms with Crippen molar-refractivity contribution in [1.82, 2.24) is 4.72 Å². The Morgan fingerprint density at radius 2 is 1.62 bits per heavy atom. The first-order valence-electron chi connectivity index (χ1n) is 5.69. The summed E-state index contributed by atoms with van der Waals surface area (Å²) in [7, 11) is -3.86.